The Morgan fingerprint density at radius 3 is 2.41 bits per heavy atom. The number of nitrogens with one attached hydrogen (secondary N) is 1. The van der Waals surface area contributed by atoms with Crippen LogP contribution in [0.25, 0.3) is 11.0 Å². The van der Waals surface area contributed by atoms with E-state index >= 15 is 9.59 Å². The number of halogens is 1. The zero-order chi connectivity index (χ0) is 41.0. The number of benzene rings is 3. The minimum absolute atomic E-state index is 0.0183. The number of fused-ring (bicyclic) bond motifs is 2. The highest BCUT2D eigenvalue weighted by Crippen LogP contribution is 2.61. The lowest BCUT2D eigenvalue weighted by molar-refractivity contribution is -0.163. The molecular weight excluding hydrogens is 808 g/mol. The number of hydrogen-bond acceptors (Lipinski definition) is 10. The van der Waals surface area contributed by atoms with Crippen LogP contribution in [-0.2, 0) is 40.1 Å². The van der Waals surface area contributed by atoms with Crippen LogP contribution in [0.3, 0.4) is 0 Å². The lowest BCUT2D eigenvalue weighted by Gasteiger charge is -2.39. The van der Waals surface area contributed by atoms with Gasteiger partial charge in [0.15, 0.2) is 0 Å². The maximum absolute atomic E-state index is 15.3. The number of aromatic nitrogens is 3. The summed E-state index contributed by atoms with van der Waals surface area (Å²) in [7, 11) is 1.49. The molecule has 7 rings (SSSR count). The molecule has 3 saturated heterocycles. The minimum Gasteiger partial charge on any atom is -0.455 e. The maximum atomic E-state index is 15.3. The van der Waals surface area contributed by atoms with Crippen molar-refractivity contribution in [1.82, 2.24) is 30.1 Å². The minimum atomic E-state index is -1.49. The number of methoxy groups -OCH3 is 1. The molecule has 2 bridgehead atoms. The lowest BCUT2D eigenvalue weighted by Crippen LogP contribution is -2.57. The SMILES string of the molecule is C=CCCC(=O)N[C@H](COC)[C@H](OC(=O)[C@@H]1[C@H]2O[C@@]3(CC2Br)[C@H](C(=O)N(CC=C)Cn2nnc4ccccc42)N([C@H](CO)c2ccccc2)C(=O)[C@@H]13)c1ccccc1. The summed E-state index contributed by atoms with van der Waals surface area (Å²) >= 11 is 3.76. The van der Waals surface area contributed by atoms with Gasteiger partial charge in [0.2, 0.25) is 17.7 Å². The zero-order valence-electron chi connectivity index (χ0n) is 32.1. The Morgan fingerprint density at radius 1 is 1.05 bits per heavy atom. The summed E-state index contributed by atoms with van der Waals surface area (Å²) in [5.41, 5.74) is 1.07. The van der Waals surface area contributed by atoms with E-state index in [1.54, 1.807) is 65.4 Å². The van der Waals surface area contributed by atoms with Crippen LogP contribution in [0.15, 0.2) is 110 Å². The van der Waals surface area contributed by atoms with Gasteiger partial charge in [-0.15, -0.1) is 18.3 Å². The number of hydrogen-bond donors (Lipinski definition) is 2. The third kappa shape index (κ3) is 7.59. The highest BCUT2D eigenvalue weighted by molar-refractivity contribution is 9.09. The Balaban J connectivity index is 1.28. The number of carbonyl (C=O) groups excluding carboxylic acids is 4. The molecule has 3 aliphatic heterocycles. The molecule has 3 aromatic carbocycles. The van der Waals surface area contributed by atoms with Gasteiger partial charge in [-0.1, -0.05) is 106 Å². The standard InChI is InChI=1S/C43H47BrN6O8/c1-4-6-21-34(52)45-31(25-56-3)37(28-17-11-8-12-18-28)57-42(55)35-36-40(53)50(33(24-51)27-15-9-7-10-16-27)39(43(36)23-29(44)38(35)58-43)41(54)48(22-5-2)26-49-32-20-14-13-19-30(32)46-47-49/h4-5,7-20,29,31,33,35-39,51H,1-2,6,21-26H2,3H3,(H,45,52)/t29?,31-,33-,35+,36-,37-,38+,39+,43-/m1/s1. The number of amides is 3. The van der Waals surface area contributed by atoms with Gasteiger partial charge in [0.1, 0.15) is 29.9 Å². The van der Waals surface area contributed by atoms with Gasteiger partial charge < -0.3 is 34.4 Å². The van der Waals surface area contributed by atoms with Crippen molar-refractivity contribution in [1.29, 1.82) is 0 Å². The second-order valence-corrected chi connectivity index (χ2v) is 16.0. The Bertz CT molecular complexity index is 2140. The number of para-hydroxylation sites is 1. The van der Waals surface area contributed by atoms with Crippen molar-refractivity contribution in [2.24, 2.45) is 11.8 Å². The average Bonchev–Trinajstić information content (AvgIpc) is 3.96. The molecule has 1 spiro atoms. The molecule has 15 heteroatoms. The van der Waals surface area contributed by atoms with Crippen molar-refractivity contribution >= 4 is 50.7 Å². The first-order valence-electron chi connectivity index (χ1n) is 19.3. The van der Waals surface area contributed by atoms with Crippen molar-refractivity contribution in [3.8, 4) is 0 Å². The number of esters is 1. The second-order valence-electron chi connectivity index (χ2n) is 14.8. The number of rotatable bonds is 18. The molecule has 0 aliphatic carbocycles. The van der Waals surface area contributed by atoms with Crippen LogP contribution in [0.1, 0.15) is 42.5 Å². The van der Waals surface area contributed by atoms with Gasteiger partial charge in [-0.25, -0.2) is 4.68 Å². The fourth-order valence-corrected chi connectivity index (χ4v) is 9.78. The van der Waals surface area contributed by atoms with Crippen LogP contribution in [0.4, 0.5) is 0 Å². The Morgan fingerprint density at radius 2 is 1.74 bits per heavy atom. The van der Waals surface area contributed by atoms with Gasteiger partial charge in [-0.3, -0.25) is 19.2 Å². The van der Waals surface area contributed by atoms with Crippen LogP contribution in [0.5, 0.6) is 0 Å². The molecule has 3 fully saturated rings. The molecular formula is C43H47BrN6O8. The molecule has 58 heavy (non-hydrogen) atoms. The number of aliphatic hydroxyl groups is 1. The number of nitrogens with zero attached hydrogens (tertiary/aromatic N) is 5. The van der Waals surface area contributed by atoms with Gasteiger partial charge in [0, 0.05) is 24.9 Å². The number of aliphatic hydroxyl groups excluding tert-OH is 1. The van der Waals surface area contributed by atoms with E-state index in [2.05, 4.69) is 44.7 Å². The number of ether oxygens (including phenoxy) is 3. The van der Waals surface area contributed by atoms with Gasteiger partial charge in [-0.2, -0.15) is 0 Å². The average molecular weight is 856 g/mol. The molecule has 3 aliphatic rings. The van der Waals surface area contributed by atoms with E-state index in [1.165, 1.54) is 16.9 Å². The Labute approximate surface area is 344 Å². The van der Waals surface area contributed by atoms with E-state index in [-0.39, 0.29) is 38.6 Å². The summed E-state index contributed by atoms with van der Waals surface area (Å²) in [6, 6.07) is 22.3. The van der Waals surface area contributed by atoms with Crippen molar-refractivity contribution in [2.75, 3.05) is 26.9 Å². The predicted molar refractivity (Wildman–Crippen MR) is 217 cm³/mol. The predicted octanol–water partition coefficient (Wildman–Crippen LogP) is 4.27. The van der Waals surface area contributed by atoms with E-state index in [9.17, 15) is 14.7 Å². The summed E-state index contributed by atoms with van der Waals surface area (Å²) in [4.78, 5) is 60.8. The van der Waals surface area contributed by atoms with Crippen LogP contribution < -0.4 is 5.32 Å². The summed E-state index contributed by atoms with van der Waals surface area (Å²) < 4.78 is 20.3. The number of carbonyl (C=O) groups is 4. The fourth-order valence-electron chi connectivity index (χ4n) is 8.84. The topological polar surface area (TPSA) is 165 Å². The van der Waals surface area contributed by atoms with Crippen molar-refractivity contribution in [3.05, 3.63) is 121 Å². The number of likely N-dealkylation sites (tertiary alicyclic amines) is 1. The lowest BCUT2D eigenvalue weighted by atomic mass is 9.70. The van der Waals surface area contributed by atoms with Gasteiger partial charge >= 0.3 is 5.97 Å². The largest absolute Gasteiger partial charge is 0.455 e. The van der Waals surface area contributed by atoms with E-state index in [1.807, 2.05) is 36.4 Å². The quantitative estimate of drug-likeness (QED) is 0.0840. The van der Waals surface area contributed by atoms with E-state index < -0.39 is 77.0 Å². The van der Waals surface area contributed by atoms with Gasteiger partial charge in [0.05, 0.1) is 48.8 Å². The molecule has 1 unspecified atom stereocenters. The Hall–Kier alpha value is -5.22. The van der Waals surface area contributed by atoms with Gasteiger partial charge in [-0.05, 0) is 36.1 Å². The van der Waals surface area contributed by atoms with E-state index in [0.29, 0.717) is 28.6 Å². The number of alkyl halides is 1. The third-order valence-corrected chi connectivity index (χ3v) is 12.2. The molecule has 304 valence electrons. The van der Waals surface area contributed by atoms with Crippen LogP contribution in [0, 0.1) is 11.8 Å². The van der Waals surface area contributed by atoms with Crippen LogP contribution in [-0.4, -0.2) is 109 Å². The van der Waals surface area contributed by atoms with Crippen LogP contribution >= 0.6 is 15.9 Å². The zero-order valence-corrected chi connectivity index (χ0v) is 33.7. The third-order valence-electron chi connectivity index (χ3n) is 11.3. The van der Waals surface area contributed by atoms with Crippen LogP contribution in [0.2, 0.25) is 0 Å². The van der Waals surface area contributed by atoms with E-state index in [4.69, 9.17) is 14.2 Å². The summed E-state index contributed by atoms with van der Waals surface area (Å²) in [6.45, 7) is 7.19. The summed E-state index contributed by atoms with van der Waals surface area (Å²) in [5.74, 6) is -4.29. The van der Waals surface area contributed by atoms with Crippen molar-refractivity contribution in [2.45, 2.75) is 66.7 Å². The highest BCUT2D eigenvalue weighted by Gasteiger charge is 2.77. The molecule has 0 radical (unpaired) electrons. The smallest absolute Gasteiger partial charge is 0.313 e. The highest BCUT2D eigenvalue weighted by atomic mass is 79.9. The normalized spacial score (nSPS) is 24.8. The van der Waals surface area contributed by atoms with Crippen molar-refractivity contribution in [3.63, 3.8) is 0 Å². The monoisotopic (exact) mass is 854 g/mol. The van der Waals surface area contributed by atoms with E-state index in [0.717, 1.165) is 0 Å². The molecule has 0 saturated carbocycles. The molecule has 4 aromatic rings. The maximum Gasteiger partial charge on any atom is 0.313 e. The molecule has 9 atom stereocenters. The molecule has 14 nitrogen and oxygen atoms in total. The van der Waals surface area contributed by atoms with Gasteiger partial charge in [0.25, 0.3) is 0 Å². The molecule has 2 N–H and O–H groups in total. The molecule has 1 aromatic heterocycles. The summed E-state index contributed by atoms with van der Waals surface area (Å²) in [5, 5.41) is 22.5. The molecule has 3 amide bonds. The first-order valence-corrected chi connectivity index (χ1v) is 20.2. The summed E-state index contributed by atoms with van der Waals surface area (Å²) in [6.07, 6.45) is 2.24. The first kappa shape index (κ1) is 41.0. The number of allylic oxidation sites excluding steroid dienone is 1. The first-order chi connectivity index (χ1) is 28.2. The second kappa shape index (κ2) is 17.7. The Kier molecular flexibility index (Phi) is 12.5. The molecule has 4 heterocycles. The fraction of sp³-hybridized carbons (Fsp3) is 0.395. The van der Waals surface area contributed by atoms with Crippen molar-refractivity contribution < 1.29 is 38.5 Å².